The number of piperidine rings is 1. The van der Waals surface area contributed by atoms with E-state index in [0.717, 1.165) is 25.9 Å². The van der Waals surface area contributed by atoms with Crippen LogP contribution in [0.5, 0.6) is 0 Å². The van der Waals surface area contributed by atoms with Gasteiger partial charge in [0.1, 0.15) is 5.69 Å². The average molecular weight is 278 g/mol. The molecule has 0 saturated carbocycles. The Labute approximate surface area is 117 Å². The molecule has 20 heavy (non-hydrogen) atoms. The molecule has 0 unspecified atom stereocenters. The Morgan fingerprint density at radius 1 is 1.35 bits per heavy atom. The molecular formula is C13H18N4O3. The van der Waals surface area contributed by atoms with Gasteiger partial charge in [-0.3, -0.25) is 10.1 Å². The van der Waals surface area contributed by atoms with E-state index in [1.807, 2.05) is 7.05 Å². The Morgan fingerprint density at radius 3 is 2.65 bits per heavy atom. The van der Waals surface area contributed by atoms with Gasteiger partial charge in [0.25, 0.3) is 5.69 Å². The number of carbonyl (C=O) groups is 1. The van der Waals surface area contributed by atoms with Crippen molar-refractivity contribution in [2.24, 2.45) is 0 Å². The van der Waals surface area contributed by atoms with E-state index < -0.39 is 11.0 Å². The van der Waals surface area contributed by atoms with Crippen LogP contribution in [0.4, 0.5) is 16.2 Å². The summed E-state index contributed by atoms with van der Waals surface area (Å²) in [4.78, 5) is 24.4. The first-order chi connectivity index (χ1) is 9.56. The molecule has 0 aromatic heterocycles. The molecule has 0 atom stereocenters. The second kappa shape index (κ2) is 6.33. The number of hydrogen-bond donors (Lipinski definition) is 2. The van der Waals surface area contributed by atoms with Crippen LogP contribution in [-0.2, 0) is 0 Å². The van der Waals surface area contributed by atoms with Crippen LogP contribution in [0.1, 0.15) is 12.8 Å². The smallest absolute Gasteiger partial charge is 0.319 e. The Morgan fingerprint density at radius 2 is 2.00 bits per heavy atom. The predicted octanol–water partition coefficient (Wildman–Crippen LogP) is 1.81. The molecule has 1 aliphatic rings. The van der Waals surface area contributed by atoms with E-state index in [1.54, 1.807) is 12.1 Å². The lowest BCUT2D eigenvalue weighted by molar-refractivity contribution is -0.383. The molecule has 7 heteroatoms. The van der Waals surface area contributed by atoms with E-state index in [4.69, 9.17) is 0 Å². The Balaban J connectivity index is 1.93. The molecule has 2 amide bonds. The van der Waals surface area contributed by atoms with Crippen molar-refractivity contribution >= 4 is 17.4 Å². The zero-order chi connectivity index (χ0) is 14.5. The van der Waals surface area contributed by atoms with Gasteiger partial charge in [-0.25, -0.2) is 4.79 Å². The summed E-state index contributed by atoms with van der Waals surface area (Å²) in [5, 5.41) is 16.3. The van der Waals surface area contributed by atoms with Crippen LogP contribution in [-0.4, -0.2) is 42.0 Å². The fourth-order valence-corrected chi connectivity index (χ4v) is 2.24. The van der Waals surface area contributed by atoms with Crippen molar-refractivity contribution in [1.82, 2.24) is 10.2 Å². The topological polar surface area (TPSA) is 87.5 Å². The van der Waals surface area contributed by atoms with Gasteiger partial charge in [-0.05, 0) is 39.0 Å². The van der Waals surface area contributed by atoms with E-state index in [-0.39, 0.29) is 17.4 Å². The number of hydrogen-bond acceptors (Lipinski definition) is 4. The van der Waals surface area contributed by atoms with Gasteiger partial charge < -0.3 is 15.5 Å². The first-order valence-corrected chi connectivity index (χ1v) is 6.56. The Kier molecular flexibility index (Phi) is 4.52. The number of benzene rings is 1. The third kappa shape index (κ3) is 3.67. The van der Waals surface area contributed by atoms with Gasteiger partial charge in [0.15, 0.2) is 0 Å². The highest BCUT2D eigenvalue weighted by Gasteiger charge is 2.20. The first-order valence-electron chi connectivity index (χ1n) is 6.56. The molecule has 1 fully saturated rings. The summed E-state index contributed by atoms with van der Waals surface area (Å²) in [6, 6.07) is 5.83. The monoisotopic (exact) mass is 278 g/mol. The molecule has 0 aliphatic carbocycles. The molecule has 108 valence electrons. The number of para-hydroxylation sites is 2. The molecule has 2 rings (SSSR count). The summed E-state index contributed by atoms with van der Waals surface area (Å²) in [6.45, 7) is 1.88. The van der Waals surface area contributed by atoms with Crippen molar-refractivity contribution in [3.63, 3.8) is 0 Å². The molecule has 1 heterocycles. The van der Waals surface area contributed by atoms with E-state index in [9.17, 15) is 14.9 Å². The highest BCUT2D eigenvalue weighted by molar-refractivity contribution is 5.91. The highest BCUT2D eigenvalue weighted by atomic mass is 16.6. The third-order valence-electron chi connectivity index (χ3n) is 3.40. The fourth-order valence-electron chi connectivity index (χ4n) is 2.24. The fraction of sp³-hybridized carbons (Fsp3) is 0.462. The molecule has 1 aromatic carbocycles. The average Bonchev–Trinajstić information content (AvgIpc) is 2.41. The SMILES string of the molecule is CN1CCC(NC(=O)Nc2ccccc2[N+](=O)[O-])CC1. The Bertz CT molecular complexity index is 498. The summed E-state index contributed by atoms with van der Waals surface area (Å²) in [7, 11) is 2.05. The number of urea groups is 1. The molecule has 0 radical (unpaired) electrons. The number of nitrogens with one attached hydrogen (secondary N) is 2. The van der Waals surface area contributed by atoms with Gasteiger partial charge in [0, 0.05) is 12.1 Å². The first kappa shape index (κ1) is 14.3. The van der Waals surface area contributed by atoms with Gasteiger partial charge in [-0.1, -0.05) is 12.1 Å². The molecule has 0 bridgehead atoms. The number of amides is 2. The van der Waals surface area contributed by atoms with E-state index in [0.29, 0.717) is 0 Å². The second-order valence-electron chi connectivity index (χ2n) is 4.95. The summed E-state index contributed by atoms with van der Waals surface area (Å²) >= 11 is 0. The molecule has 1 saturated heterocycles. The summed E-state index contributed by atoms with van der Waals surface area (Å²) in [5.41, 5.74) is 0.106. The second-order valence-corrected chi connectivity index (χ2v) is 4.95. The molecular weight excluding hydrogens is 260 g/mol. The molecule has 0 spiro atoms. The van der Waals surface area contributed by atoms with Crippen molar-refractivity contribution in [3.05, 3.63) is 34.4 Å². The highest BCUT2D eigenvalue weighted by Crippen LogP contribution is 2.23. The number of nitro groups is 1. The van der Waals surface area contributed by atoms with Crippen LogP contribution in [0, 0.1) is 10.1 Å². The van der Waals surface area contributed by atoms with Gasteiger partial charge in [0.2, 0.25) is 0 Å². The zero-order valence-electron chi connectivity index (χ0n) is 11.3. The normalized spacial score (nSPS) is 16.6. The third-order valence-corrected chi connectivity index (χ3v) is 3.40. The minimum Gasteiger partial charge on any atom is -0.335 e. The molecule has 7 nitrogen and oxygen atoms in total. The number of likely N-dealkylation sites (tertiary alicyclic amines) is 1. The summed E-state index contributed by atoms with van der Waals surface area (Å²) in [5.74, 6) is 0. The van der Waals surface area contributed by atoms with Crippen LogP contribution >= 0.6 is 0 Å². The maximum absolute atomic E-state index is 11.9. The lowest BCUT2D eigenvalue weighted by Gasteiger charge is -2.29. The van der Waals surface area contributed by atoms with Gasteiger partial charge in [-0.2, -0.15) is 0 Å². The minimum atomic E-state index is -0.509. The quantitative estimate of drug-likeness (QED) is 0.652. The van der Waals surface area contributed by atoms with Crippen LogP contribution in [0.25, 0.3) is 0 Å². The van der Waals surface area contributed by atoms with Crippen LogP contribution in [0.15, 0.2) is 24.3 Å². The standard InChI is InChI=1S/C13H18N4O3/c1-16-8-6-10(7-9-16)14-13(18)15-11-4-2-3-5-12(11)17(19)20/h2-5,10H,6-9H2,1H3,(H2,14,15,18). The van der Waals surface area contributed by atoms with E-state index in [1.165, 1.54) is 12.1 Å². The molecule has 1 aromatic rings. The number of anilines is 1. The lowest BCUT2D eigenvalue weighted by atomic mass is 10.1. The largest absolute Gasteiger partial charge is 0.335 e. The van der Waals surface area contributed by atoms with Crippen LogP contribution in [0.2, 0.25) is 0 Å². The maximum Gasteiger partial charge on any atom is 0.319 e. The number of carbonyl (C=O) groups excluding carboxylic acids is 1. The zero-order valence-corrected chi connectivity index (χ0v) is 11.3. The molecule has 1 aliphatic heterocycles. The van der Waals surface area contributed by atoms with Crippen molar-refractivity contribution in [3.8, 4) is 0 Å². The van der Waals surface area contributed by atoms with E-state index >= 15 is 0 Å². The van der Waals surface area contributed by atoms with Gasteiger partial charge in [-0.15, -0.1) is 0 Å². The Hall–Kier alpha value is -2.15. The number of nitrogens with zero attached hydrogens (tertiary/aromatic N) is 2. The predicted molar refractivity (Wildman–Crippen MR) is 75.8 cm³/mol. The van der Waals surface area contributed by atoms with Crippen molar-refractivity contribution in [2.45, 2.75) is 18.9 Å². The van der Waals surface area contributed by atoms with Crippen molar-refractivity contribution in [1.29, 1.82) is 0 Å². The van der Waals surface area contributed by atoms with Gasteiger partial charge >= 0.3 is 6.03 Å². The lowest BCUT2D eigenvalue weighted by Crippen LogP contribution is -2.44. The van der Waals surface area contributed by atoms with Crippen LogP contribution < -0.4 is 10.6 Å². The maximum atomic E-state index is 11.9. The number of rotatable bonds is 3. The van der Waals surface area contributed by atoms with Crippen molar-refractivity contribution in [2.75, 3.05) is 25.5 Å². The number of nitro benzene ring substituents is 1. The minimum absolute atomic E-state index is 0.106. The van der Waals surface area contributed by atoms with Crippen molar-refractivity contribution < 1.29 is 9.72 Å². The molecule has 2 N–H and O–H groups in total. The van der Waals surface area contributed by atoms with E-state index in [2.05, 4.69) is 15.5 Å². The van der Waals surface area contributed by atoms with Crippen LogP contribution in [0.3, 0.4) is 0 Å². The summed E-state index contributed by atoms with van der Waals surface area (Å²) < 4.78 is 0. The van der Waals surface area contributed by atoms with Gasteiger partial charge in [0.05, 0.1) is 4.92 Å². The summed E-state index contributed by atoms with van der Waals surface area (Å²) in [6.07, 6.45) is 1.78.